The lowest BCUT2D eigenvalue weighted by Gasteiger charge is -2.14. The molecule has 0 bridgehead atoms. The lowest BCUT2D eigenvalue weighted by molar-refractivity contribution is 0.299. The van der Waals surface area contributed by atoms with Gasteiger partial charge in [-0.1, -0.05) is 29.9 Å². The van der Waals surface area contributed by atoms with Crippen LogP contribution in [0.5, 0.6) is 5.75 Å². The highest BCUT2D eigenvalue weighted by molar-refractivity contribution is 7.10. The Kier molecular flexibility index (Phi) is 4.83. The summed E-state index contributed by atoms with van der Waals surface area (Å²) in [5, 5.41) is 8.84. The van der Waals surface area contributed by atoms with Gasteiger partial charge in [0, 0.05) is 23.6 Å². The smallest absolute Gasteiger partial charge is 0.136 e. The standard InChI is InChI=1S/C14H18ClN3OS/c1-8(2)10-6-13(9(3)5-11(10)15)19-7-12-14(16-4)20-18-17-12/h5-6,8,16H,7H2,1-4H3. The number of nitrogens with one attached hydrogen (secondary N) is 1. The maximum Gasteiger partial charge on any atom is 0.136 e. The Morgan fingerprint density at radius 1 is 1.40 bits per heavy atom. The Labute approximate surface area is 128 Å². The number of aryl methyl sites for hydroxylation is 1. The van der Waals surface area contributed by atoms with Crippen LogP contribution in [0.4, 0.5) is 5.00 Å². The van der Waals surface area contributed by atoms with Gasteiger partial charge < -0.3 is 10.1 Å². The molecule has 0 fully saturated rings. The Balaban J connectivity index is 2.19. The predicted octanol–water partition coefficient (Wildman–Crippen LogP) is 4.24. The minimum Gasteiger partial charge on any atom is -0.487 e. The van der Waals surface area contributed by atoms with Crippen LogP contribution < -0.4 is 10.1 Å². The predicted molar refractivity (Wildman–Crippen MR) is 84.1 cm³/mol. The van der Waals surface area contributed by atoms with Crippen molar-refractivity contribution in [2.24, 2.45) is 0 Å². The normalized spacial score (nSPS) is 10.9. The van der Waals surface area contributed by atoms with Crippen LogP contribution in [0.2, 0.25) is 5.02 Å². The van der Waals surface area contributed by atoms with Crippen molar-refractivity contribution >= 4 is 28.1 Å². The molecule has 2 rings (SSSR count). The monoisotopic (exact) mass is 311 g/mol. The summed E-state index contributed by atoms with van der Waals surface area (Å²) < 4.78 is 9.79. The first-order valence-electron chi connectivity index (χ1n) is 6.44. The molecular formula is C14H18ClN3OS. The molecule has 1 N–H and O–H groups in total. The number of hydrogen-bond donors (Lipinski definition) is 1. The molecule has 1 heterocycles. The van der Waals surface area contributed by atoms with Crippen LogP contribution in [0.25, 0.3) is 0 Å². The summed E-state index contributed by atoms with van der Waals surface area (Å²) in [6.45, 7) is 6.61. The fraction of sp³-hybridized carbons (Fsp3) is 0.429. The highest BCUT2D eigenvalue weighted by atomic mass is 35.5. The van der Waals surface area contributed by atoms with Crippen LogP contribution in [0, 0.1) is 6.92 Å². The number of ether oxygens (including phenoxy) is 1. The van der Waals surface area contributed by atoms with Crippen LogP contribution >= 0.6 is 23.1 Å². The van der Waals surface area contributed by atoms with Gasteiger partial charge in [0.05, 0.1) is 0 Å². The van der Waals surface area contributed by atoms with Crippen molar-refractivity contribution in [1.29, 1.82) is 0 Å². The van der Waals surface area contributed by atoms with Crippen LogP contribution in [-0.2, 0) is 6.61 Å². The van der Waals surface area contributed by atoms with E-state index in [1.807, 2.05) is 26.1 Å². The molecule has 0 saturated carbocycles. The lowest BCUT2D eigenvalue weighted by atomic mass is 10.0. The summed E-state index contributed by atoms with van der Waals surface area (Å²) in [5.41, 5.74) is 2.93. The first kappa shape index (κ1) is 15.1. The molecule has 4 nitrogen and oxygen atoms in total. The topological polar surface area (TPSA) is 47.0 Å². The van der Waals surface area contributed by atoms with Gasteiger partial charge in [0.2, 0.25) is 0 Å². The second-order valence-corrected chi connectivity index (χ2v) is 6.04. The fourth-order valence-electron chi connectivity index (χ4n) is 1.91. The molecule has 6 heteroatoms. The van der Waals surface area contributed by atoms with Gasteiger partial charge in [-0.3, -0.25) is 0 Å². The van der Waals surface area contributed by atoms with E-state index in [0.29, 0.717) is 12.5 Å². The van der Waals surface area contributed by atoms with Crippen molar-refractivity contribution in [3.63, 3.8) is 0 Å². The van der Waals surface area contributed by atoms with Gasteiger partial charge in [0.25, 0.3) is 0 Å². The van der Waals surface area contributed by atoms with Gasteiger partial charge in [-0.2, -0.15) is 0 Å². The van der Waals surface area contributed by atoms with Crippen molar-refractivity contribution in [2.75, 3.05) is 12.4 Å². The molecule has 1 aromatic heterocycles. The Bertz CT molecular complexity index is 598. The molecule has 0 amide bonds. The van der Waals surface area contributed by atoms with E-state index >= 15 is 0 Å². The van der Waals surface area contributed by atoms with Gasteiger partial charge in [-0.05, 0) is 36.1 Å². The average Bonchev–Trinajstić information content (AvgIpc) is 2.84. The van der Waals surface area contributed by atoms with Crippen LogP contribution in [0.3, 0.4) is 0 Å². The molecule has 0 atom stereocenters. The van der Waals surface area contributed by atoms with Crippen LogP contribution in [0.15, 0.2) is 12.1 Å². The first-order valence-corrected chi connectivity index (χ1v) is 7.60. The fourth-order valence-corrected chi connectivity index (χ4v) is 2.86. The molecule has 0 aliphatic heterocycles. The SMILES string of the molecule is CNc1snnc1COc1cc(C(C)C)c(Cl)cc1C. The van der Waals surface area contributed by atoms with Gasteiger partial charge in [0.1, 0.15) is 23.1 Å². The van der Waals surface area contributed by atoms with E-state index in [1.165, 1.54) is 11.5 Å². The van der Waals surface area contributed by atoms with Gasteiger partial charge in [-0.25, -0.2) is 0 Å². The van der Waals surface area contributed by atoms with Crippen molar-refractivity contribution in [2.45, 2.75) is 33.3 Å². The number of anilines is 1. The third-order valence-electron chi connectivity index (χ3n) is 3.06. The summed E-state index contributed by atoms with van der Waals surface area (Å²) in [4.78, 5) is 0. The number of rotatable bonds is 5. The maximum absolute atomic E-state index is 6.26. The quantitative estimate of drug-likeness (QED) is 0.897. The number of nitrogens with zero attached hydrogens (tertiary/aromatic N) is 2. The molecule has 0 unspecified atom stereocenters. The molecule has 0 saturated heterocycles. The second kappa shape index (κ2) is 6.41. The minimum atomic E-state index is 0.360. The molecule has 0 aliphatic rings. The second-order valence-electron chi connectivity index (χ2n) is 4.88. The molecule has 1 aromatic carbocycles. The van der Waals surface area contributed by atoms with Crippen LogP contribution in [-0.4, -0.2) is 16.6 Å². The van der Waals surface area contributed by atoms with E-state index in [1.54, 1.807) is 0 Å². The van der Waals surface area contributed by atoms with Gasteiger partial charge in [-0.15, -0.1) is 5.10 Å². The molecule has 0 spiro atoms. The maximum atomic E-state index is 6.26. The number of aromatic nitrogens is 2. The van der Waals surface area contributed by atoms with Gasteiger partial charge in [0.15, 0.2) is 0 Å². The van der Waals surface area contributed by atoms with E-state index in [0.717, 1.165) is 32.6 Å². The largest absolute Gasteiger partial charge is 0.487 e. The molecular weight excluding hydrogens is 294 g/mol. The third-order valence-corrected chi connectivity index (χ3v) is 4.18. The number of halogens is 1. The van der Waals surface area contributed by atoms with Crippen LogP contribution in [0.1, 0.15) is 36.6 Å². The molecule has 2 aromatic rings. The zero-order valence-electron chi connectivity index (χ0n) is 12.0. The molecule has 108 valence electrons. The molecule has 0 aliphatic carbocycles. The third kappa shape index (κ3) is 3.22. The molecule has 20 heavy (non-hydrogen) atoms. The van der Waals surface area contributed by atoms with E-state index in [-0.39, 0.29) is 0 Å². The van der Waals surface area contributed by atoms with Gasteiger partial charge >= 0.3 is 0 Å². The van der Waals surface area contributed by atoms with E-state index in [4.69, 9.17) is 16.3 Å². The Morgan fingerprint density at radius 2 is 2.15 bits per heavy atom. The average molecular weight is 312 g/mol. The number of hydrogen-bond acceptors (Lipinski definition) is 5. The zero-order chi connectivity index (χ0) is 14.7. The Hall–Kier alpha value is -1.33. The van der Waals surface area contributed by atoms with Crippen molar-refractivity contribution in [3.8, 4) is 5.75 Å². The summed E-state index contributed by atoms with van der Waals surface area (Å²) in [5.74, 6) is 1.20. The van der Waals surface area contributed by atoms with Crippen molar-refractivity contribution in [1.82, 2.24) is 9.59 Å². The van der Waals surface area contributed by atoms with E-state index in [2.05, 4.69) is 28.8 Å². The first-order chi connectivity index (χ1) is 9.52. The zero-order valence-corrected chi connectivity index (χ0v) is 13.6. The Morgan fingerprint density at radius 3 is 2.80 bits per heavy atom. The minimum absolute atomic E-state index is 0.360. The highest BCUT2D eigenvalue weighted by Gasteiger charge is 2.12. The van der Waals surface area contributed by atoms with E-state index < -0.39 is 0 Å². The highest BCUT2D eigenvalue weighted by Crippen LogP contribution is 2.32. The summed E-state index contributed by atoms with van der Waals surface area (Å²) in [6.07, 6.45) is 0. The summed E-state index contributed by atoms with van der Waals surface area (Å²) >= 11 is 7.58. The number of benzene rings is 1. The van der Waals surface area contributed by atoms with E-state index in [9.17, 15) is 0 Å². The summed E-state index contributed by atoms with van der Waals surface area (Å²) in [6, 6.07) is 3.96. The molecule has 0 radical (unpaired) electrons. The van der Waals surface area contributed by atoms with Crippen molar-refractivity contribution < 1.29 is 4.74 Å². The van der Waals surface area contributed by atoms with Crippen molar-refractivity contribution in [3.05, 3.63) is 34.0 Å². The summed E-state index contributed by atoms with van der Waals surface area (Å²) in [7, 11) is 1.85. The lowest BCUT2D eigenvalue weighted by Crippen LogP contribution is -2.02.